The van der Waals surface area contributed by atoms with Crippen molar-refractivity contribution >= 4 is 0 Å². The van der Waals surface area contributed by atoms with Gasteiger partial charge in [-0.15, -0.1) is 0 Å². The molecule has 2 aliphatic carbocycles. The second kappa shape index (κ2) is 1.46. The summed E-state index contributed by atoms with van der Waals surface area (Å²) in [6, 6.07) is 0.616. The Morgan fingerprint density at radius 1 is 1.30 bits per heavy atom. The molecule has 2 nitrogen and oxygen atoms in total. The van der Waals surface area contributed by atoms with Gasteiger partial charge in [0.25, 0.3) is 0 Å². The van der Waals surface area contributed by atoms with Gasteiger partial charge in [0, 0.05) is 12.0 Å². The van der Waals surface area contributed by atoms with Crippen LogP contribution in [-0.2, 0) is 0 Å². The minimum absolute atomic E-state index is 0.204. The van der Waals surface area contributed by atoms with Crippen molar-refractivity contribution in [2.75, 3.05) is 0 Å². The molecule has 2 N–H and O–H groups in total. The Balaban J connectivity index is 1.96. The van der Waals surface area contributed by atoms with Crippen LogP contribution in [0, 0.1) is 17.8 Å². The predicted molar refractivity (Wildman–Crippen MR) is 37.2 cm³/mol. The highest BCUT2D eigenvalue weighted by Crippen LogP contribution is 2.49. The molecule has 2 fully saturated rings. The fourth-order valence-electron chi connectivity index (χ4n) is 2.72. The molecule has 5 atom stereocenters. The minimum atomic E-state index is -0.204. The lowest BCUT2D eigenvalue weighted by molar-refractivity contribution is -0.0414. The van der Waals surface area contributed by atoms with E-state index in [1.165, 1.54) is 6.42 Å². The fraction of sp³-hybridized carbons (Fsp3) is 0.750. The Morgan fingerprint density at radius 2 is 2.10 bits per heavy atom. The number of fused-ring (bicyclic) bond motifs is 5. The van der Waals surface area contributed by atoms with Crippen molar-refractivity contribution in [1.82, 2.24) is 5.32 Å². The van der Waals surface area contributed by atoms with Gasteiger partial charge in [0.15, 0.2) is 0 Å². The number of nitrogens with one attached hydrogen (secondary N) is 1. The van der Waals surface area contributed by atoms with E-state index in [1.54, 1.807) is 0 Å². The van der Waals surface area contributed by atoms with Crippen molar-refractivity contribution in [3.63, 3.8) is 0 Å². The van der Waals surface area contributed by atoms with Gasteiger partial charge in [-0.25, -0.2) is 0 Å². The first-order valence-corrected chi connectivity index (χ1v) is 3.99. The van der Waals surface area contributed by atoms with Gasteiger partial charge >= 0.3 is 0 Å². The van der Waals surface area contributed by atoms with Crippen LogP contribution in [0.1, 0.15) is 6.42 Å². The van der Waals surface area contributed by atoms with Crippen molar-refractivity contribution < 1.29 is 5.11 Å². The van der Waals surface area contributed by atoms with E-state index in [9.17, 15) is 5.11 Å². The molecule has 2 bridgehead atoms. The van der Waals surface area contributed by atoms with Gasteiger partial charge in [0.1, 0.15) is 6.23 Å². The lowest BCUT2D eigenvalue weighted by Crippen LogP contribution is -2.62. The standard InChI is InChI=1S/C8H11NO/c10-8-6-4-1-2-5(3-4)7(6)9-8/h1-2,4-10H,3H2/t4-,5-,6?,7?,8?/m0/s1. The van der Waals surface area contributed by atoms with Crippen molar-refractivity contribution in [2.24, 2.45) is 17.8 Å². The highest BCUT2D eigenvalue weighted by molar-refractivity contribution is 5.21. The Labute approximate surface area is 59.9 Å². The van der Waals surface area contributed by atoms with Crippen LogP contribution in [0.3, 0.4) is 0 Å². The molecule has 3 unspecified atom stereocenters. The Kier molecular flexibility index (Phi) is 0.778. The quantitative estimate of drug-likeness (QED) is 0.464. The van der Waals surface area contributed by atoms with Gasteiger partial charge in [-0.05, 0) is 18.3 Å². The third kappa shape index (κ3) is 0.414. The molecule has 0 spiro atoms. The van der Waals surface area contributed by atoms with Crippen LogP contribution < -0.4 is 5.32 Å². The average Bonchev–Trinajstić information content (AvgIpc) is 2.40. The minimum Gasteiger partial charge on any atom is -0.378 e. The summed E-state index contributed by atoms with van der Waals surface area (Å²) < 4.78 is 0. The second-order valence-electron chi connectivity index (χ2n) is 3.66. The average molecular weight is 137 g/mol. The molecule has 10 heavy (non-hydrogen) atoms. The lowest BCUT2D eigenvalue weighted by atomic mass is 9.81. The summed E-state index contributed by atoms with van der Waals surface area (Å²) in [7, 11) is 0. The molecule has 0 aromatic heterocycles. The van der Waals surface area contributed by atoms with E-state index in [-0.39, 0.29) is 6.23 Å². The van der Waals surface area contributed by atoms with Crippen LogP contribution in [0.25, 0.3) is 0 Å². The SMILES string of the molecule is OC1NC2C1[C@H]1C=C[C@H]2C1. The smallest absolute Gasteiger partial charge is 0.110 e. The van der Waals surface area contributed by atoms with Crippen LogP contribution >= 0.6 is 0 Å². The number of hydrogen-bond acceptors (Lipinski definition) is 2. The van der Waals surface area contributed by atoms with Crippen LogP contribution in [0.5, 0.6) is 0 Å². The summed E-state index contributed by atoms with van der Waals surface area (Å²) in [5, 5.41) is 12.4. The number of rotatable bonds is 0. The first-order valence-electron chi connectivity index (χ1n) is 3.99. The van der Waals surface area contributed by atoms with Gasteiger partial charge in [-0.3, -0.25) is 5.32 Å². The molecule has 1 saturated heterocycles. The summed E-state index contributed by atoms with van der Waals surface area (Å²) in [4.78, 5) is 0. The third-order valence-electron chi connectivity index (χ3n) is 3.25. The van der Waals surface area contributed by atoms with E-state index in [0.717, 1.165) is 5.92 Å². The predicted octanol–water partition coefficient (Wildman–Crippen LogP) is 0.0987. The van der Waals surface area contributed by atoms with Crippen molar-refractivity contribution in [2.45, 2.75) is 18.7 Å². The molecule has 0 aromatic rings. The van der Waals surface area contributed by atoms with E-state index in [1.807, 2.05) is 0 Å². The van der Waals surface area contributed by atoms with E-state index >= 15 is 0 Å². The second-order valence-corrected chi connectivity index (χ2v) is 3.66. The molecule has 0 amide bonds. The maximum Gasteiger partial charge on any atom is 0.110 e. The Morgan fingerprint density at radius 3 is 2.70 bits per heavy atom. The number of aliphatic hydroxyl groups excluding tert-OH is 1. The van der Waals surface area contributed by atoms with Crippen molar-refractivity contribution in [3.8, 4) is 0 Å². The maximum absolute atomic E-state index is 9.30. The van der Waals surface area contributed by atoms with Crippen LogP contribution in [0.4, 0.5) is 0 Å². The summed E-state index contributed by atoms with van der Waals surface area (Å²) in [5.74, 6) is 1.97. The molecule has 1 heterocycles. The summed E-state index contributed by atoms with van der Waals surface area (Å²) >= 11 is 0. The fourth-order valence-corrected chi connectivity index (χ4v) is 2.72. The zero-order valence-corrected chi connectivity index (χ0v) is 5.70. The van der Waals surface area contributed by atoms with Gasteiger partial charge < -0.3 is 5.11 Å². The van der Waals surface area contributed by atoms with E-state index in [0.29, 0.717) is 17.9 Å². The first-order chi connectivity index (χ1) is 4.86. The van der Waals surface area contributed by atoms with Crippen LogP contribution in [-0.4, -0.2) is 17.4 Å². The zero-order chi connectivity index (χ0) is 6.72. The molecule has 1 aliphatic heterocycles. The molecule has 1 saturated carbocycles. The van der Waals surface area contributed by atoms with Crippen molar-refractivity contribution in [1.29, 1.82) is 0 Å². The maximum atomic E-state index is 9.30. The Bertz CT molecular complexity index is 201. The van der Waals surface area contributed by atoms with E-state index < -0.39 is 0 Å². The molecule has 2 heteroatoms. The Hall–Kier alpha value is -0.340. The molecule has 0 radical (unpaired) electrons. The number of allylic oxidation sites excluding steroid dienone is 1. The zero-order valence-electron chi connectivity index (χ0n) is 5.70. The molecular weight excluding hydrogens is 126 g/mol. The third-order valence-corrected chi connectivity index (χ3v) is 3.25. The summed E-state index contributed by atoms with van der Waals surface area (Å²) in [6.45, 7) is 0. The number of aliphatic hydroxyl groups is 1. The topological polar surface area (TPSA) is 32.3 Å². The molecule has 0 aromatic carbocycles. The molecule has 3 rings (SSSR count). The van der Waals surface area contributed by atoms with Gasteiger partial charge in [-0.2, -0.15) is 0 Å². The van der Waals surface area contributed by atoms with Gasteiger partial charge in [0.05, 0.1) is 0 Å². The lowest BCUT2D eigenvalue weighted by Gasteiger charge is -2.43. The normalized spacial score (nSPS) is 62.3. The van der Waals surface area contributed by atoms with Crippen LogP contribution in [0.2, 0.25) is 0 Å². The molecule has 3 aliphatic rings. The first kappa shape index (κ1) is 5.33. The van der Waals surface area contributed by atoms with E-state index in [2.05, 4.69) is 17.5 Å². The number of hydrogen-bond donors (Lipinski definition) is 2. The van der Waals surface area contributed by atoms with Gasteiger partial charge in [-0.1, -0.05) is 12.2 Å². The molecular formula is C8H11NO. The molecule has 54 valence electrons. The largest absolute Gasteiger partial charge is 0.378 e. The van der Waals surface area contributed by atoms with Crippen LogP contribution in [0.15, 0.2) is 12.2 Å². The van der Waals surface area contributed by atoms with Gasteiger partial charge in [0.2, 0.25) is 0 Å². The van der Waals surface area contributed by atoms with Crippen molar-refractivity contribution in [3.05, 3.63) is 12.2 Å². The highest BCUT2D eigenvalue weighted by Gasteiger charge is 2.54. The van der Waals surface area contributed by atoms with E-state index in [4.69, 9.17) is 0 Å². The summed E-state index contributed by atoms with van der Waals surface area (Å²) in [6.07, 6.45) is 5.64. The monoisotopic (exact) mass is 137 g/mol. The highest BCUT2D eigenvalue weighted by atomic mass is 16.3. The summed E-state index contributed by atoms with van der Waals surface area (Å²) in [5.41, 5.74) is 0.